The number of rotatable bonds is 8. The molecular weight excluding hydrogens is 833 g/mol. The Morgan fingerprint density at radius 3 is 1.04 bits per heavy atom. The molecule has 0 bridgehead atoms. The molecule has 0 unspecified atom stereocenters. The molecule has 0 fully saturated rings. The summed E-state index contributed by atoms with van der Waals surface area (Å²) in [6.07, 6.45) is 0. The summed E-state index contributed by atoms with van der Waals surface area (Å²) in [5, 5.41) is 4.70. The molecule has 0 amide bonds. The van der Waals surface area contributed by atoms with E-state index in [1.54, 1.807) is 0 Å². The number of aromatic nitrogens is 8. The fourth-order valence-corrected chi connectivity index (χ4v) is 9.48. The van der Waals surface area contributed by atoms with Crippen molar-refractivity contribution in [3.05, 3.63) is 231 Å². The lowest BCUT2D eigenvalue weighted by atomic mass is 10.1. The monoisotopic (exact) mass is 870 g/mol. The molecule has 13 aromatic rings. The van der Waals surface area contributed by atoms with E-state index in [9.17, 15) is 0 Å². The molecule has 0 saturated heterocycles. The van der Waals surface area contributed by atoms with Gasteiger partial charge >= 0.3 is 0 Å². The van der Waals surface area contributed by atoms with Crippen LogP contribution in [0.2, 0.25) is 0 Å². The van der Waals surface area contributed by atoms with Crippen molar-refractivity contribution in [1.29, 1.82) is 0 Å². The minimum absolute atomic E-state index is 0.517. The molecule has 4 aromatic heterocycles. The minimum atomic E-state index is 0.517. The van der Waals surface area contributed by atoms with Crippen LogP contribution < -0.4 is 0 Å². The highest BCUT2D eigenvalue weighted by Crippen LogP contribution is 2.40. The van der Waals surface area contributed by atoms with Gasteiger partial charge in [0.1, 0.15) is 0 Å². The lowest BCUT2D eigenvalue weighted by Crippen LogP contribution is -2.05. The number of fused-ring (bicyclic) bond motifs is 6. The summed E-state index contributed by atoms with van der Waals surface area (Å²) in [4.78, 5) is 31.0. The van der Waals surface area contributed by atoms with Crippen molar-refractivity contribution in [2.24, 2.45) is 0 Å². The predicted molar refractivity (Wildman–Crippen MR) is 275 cm³/mol. The van der Waals surface area contributed by atoms with Crippen LogP contribution in [-0.2, 0) is 0 Å². The summed E-state index contributed by atoms with van der Waals surface area (Å²) >= 11 is 0. The lowest BCUT2D eigenvalue weighted by molar-refractivity contribution is 1.06. The third-order valence-electron chi connectivity index (χ3n) is 12.6. The summed E-state index contributed by atoms with van der Waals surface area (Å²) in [5.41, 5.74) is 11.6. The molecular formula is C60H38N8. The van der Waals surface area contributed by atoms with Gasteiger partial charge in [-0.05, 0) is 54.6 Å². The quantitative estimate of drug-likeness (QED) is 0.151. The molecule has 9 aromatic carbocycles. The molecule has 8 nitrogen and oxygen atoms in total. The van der Waals surface area contributed by atoms with Gasteiger partial charge in [0.2, 0.25) is 0 Å². The number of hydrogen-bond donors (Lipinski definition) is 0. The van der Waals surface area contributed by atoms with Gasteiger partial charge in [-0.25, -0.2) is 29.9 Å². The standard InChI is InChI=1S/C60H38N8/c1-5-19-39(20-6-1)55-61-56(40-21-7-2-8-22-40)64-59(63-55)43-33-35-54(49(37-43)60-65-57(41-23-9-3-10-24-41)62-58(66-60)42-25-11-4-12-26-42)68-52-32-18-15-29-47(52)48-38-44(34-36-53(48)68)67-50-30-16-13-27-45(50)46-28-14-17-31-51(46)67/h1-38H. The minimum Gasteiger partial charge on any atom is -0.309 e. The number of para-hydroxylation sites is 3. The zero-order chi connectivity index (χ0) is 45.0. The molecule has 0 saturated carbocycles. The fourth-order valence-electron chi connectivity index (χ4n) is 9.48. The van der Waals surface area contributed by atoms with Gasteiger partial charge in [0.05, 0.1) is 27.8 Å². The van der Waals surface area contributed by atoms with Crippen molar-refractivity contribution < 1.29 is 0 Å². The maximum Gasteiger partial charge on any atom is 0.166 e. The first-order chi connectivity index (χ1) is 33.7. The van der Waals surface area contributed by atoms with Crippen LogP contribution in [0.3, 0.4) is 0 Å². The van der Waals surface area contributed by atoms with Crippen molar-refractivity contribution >= 4 is 43.6 Å². The molecule has 0 aliphatic carbocycles. The molecule has 0 aliphatic heterocycles. The van der Waals surface area contributed by atoms with E-state index < -0.39 is 0 Å². The van der Waals surface area contributed by atoms with Crippen LogP contribution in [0.25, 0.3) is 123 Å². The van der Waals surface area contributed by atoms with E-state index in [2.05, 4.69) is 118 Å². The summed E-state index contributed by atoms with van der Waals surface area (Å²) < 4.78 is 4.71. The highest BCUT2D eigenvalue weighted by molar-refractivity contribution is 6.12. The van der Waals surface area contributed by atoms with Gasteiger partial charge in [0, 0.05) is 60.6 Å². The van der Waals surface area contributed by atoms with Crippen molar-refractivity contribution in [2.45, 2.75) is 0 Å². The van der Waals surface area contributed by atoms with E-state index in [4.69, 9.17) is 29.9 Å². The normalized spacial score (nSPS) is 11.5. The highest BCUT2D eigenvalue weighted by Gasteiger charge is 2.23. The third kappa shape index (κ3) is 6.70. The van der Waals surface area contributed by atoms with Crippen molar-refractivity contribution in [3.63, 3.8) is 0 Å². The summed E-state index contributed by atoms with van der Waals surface area (Å²) in [7, 11) is 0. The Labute approximate surface area is 391 Å². The maximum atomic E-state index is 5.31. The molecule has 0 N–H and O–H groups in total. The van der Waals surface area contributed by atoms with Gasteiger partial charge in [-0.15, -0.1) is 0 Å². The first-order valence-electron chi connectivity index (χ1n) is 22.6. The maximum absolute atomic E-state index is 5.31. The second kappa shape index (κ2) is 16.2. The van der Waals surface area contributed by atoms with Gasteiger partial charge in [0.25, 0.3) is 0 Å². The number of nitrogens with zero attached hydrogens (tertiary/aromatic N) is 8. The molecule has 0 atom stereocenters. The van der Waals surface area contributed by atoms with Crippen molar-refractivity contribution in [2.75, 3.05) is 0 Å². The zero-order valence-electron chi connectivity index (χ0n) is 36.5. The van der Waals surface area contributed by atoms with E-state index >= 15 is 0 Å². The van der Waals surface area contributed by atoms with Crippen LogP contribution in [-0.4, -0.2) is 39.0 Å². The second-order valence-corrected chi connectivity index (χ2v) is 16.7. The van der Waals surface area contributed by atoms with Crippen LogP contribution in [0, 0.1) is 0 Å². The predicted octanol–water partition coefficient (Wildman–Crippen LogP) is 14.3. The first kappa shape index (κ1) is 39.0. The van der Waals surface area contributed by atoms with Crippen LogP contribution >= 0.6 is 0 Å². The number of benzene rings is 9. The van der Waals surface area contributed by atoms with E-state index in [-0.39, 0.29) is 0 Å². The summed E-state index contributed by atoms with van der Waals surface area (Å²) in [6, 6.07) is 79.4. The average molecular weight is 871 g/mol. The molecule has 0 radical (unpaired) electrons. The molecule has 0 spiro atoms. The Bertz CT molecular complexity index is 3850. The topological polar surface area (TPSA) is 87.2 Å². The van der Waals surface area contributed by atoms with Gasteiger partial charge in [-0.1, -0.05) is 176 Å². The van der Waals surface area contributed by atoms with Gasteiger partial charge in [-0.3, -0.25) is 0 Å². The average Bonchev–Trinajstić information content (AvgIpc) is 3.94. The van der Waals surface area contributed by atoms with Gasteiger partial charge < -0.3 is 9.13 Å². The Morgan fingerprint density at radius 1 is 0.235 bits per heavy atom. The van der Waals surface area contributed by atoms with Crippen LogP contribution in [0.5, 0.6) is 0 Å². The molecule has 13 rings (SSSR count). The van der Waals surface area contributed by atoms with E-state index in [1.807, 2.05) is 121 Å². The molecule has 318 valence electrons. The van der Waals surface area contributed by atoms with Crippen LogP contribution in [0.1, 0.15) is 0 Å². The van der Waals surface area contributed by atoms with E-state index in [0.717, 1.165) is 77.6 Å². The number of hydrogen-bond acceptors (Lipinski definition) is 6. The second-order valence-electron chi connectivity index (χ2n) is 16.7. The molecule has 68 heavy (non-hydrogen) atoms. The molecule has 8 heteroatoms. The largest absolute Gasteiger partial charge is 0.309 e. The Balaban J connectivity index is 1.08. The zero-order valence-corrected chi connectivity index (χ0v) is 36.5. The van der Waals surface area contributed by atoms with Crippen LogP contribution in [0.4, 0.5) is 0 Å². The molecule has 0 aliphatic rings. The highest BCUT2D eigenvalue weighted by atomic mass is 15.1. The SMILES string of the molecule is c1ccc(-c2nc(-c3ccccc3)nc(-c3ccc(-n4c5ccccc5c5cc(-n6c7ccccc7c7ccccc76)ccc54)c(-c4nc(-c5ccccc5)nc(-c5ccccc5)n4)c3)n2)cc1. The summed E-state index contributed by atoms with van der Waals surface area (Å²) in [5.74, 6) is 3.36. The van der Waals surface area contributed by atoms with Gasteiger partial charge in [-0.2, -0.15) is 0 Å². The lowest BCUT2D eigenvalue weighted by Gasteiger charge is -2.16. The smallest absolute Gasteiger partial charge is 0.166 e. The van der Waals surface area contributed by atoms with Crippen molar-refractivity contribution in [1.82, 2.24) is 39.0 Å². The third-order valence-corrected chi connectivity index (χ3v) is 12.6. The van der Waals surface area contributed by atoms with Gasteiger partial charge in [0.15, 0.2) is 34.9 Å². The Kier molecular flexibility index (Phi) is 9.31. The molecule has 4 heterocycles. The first-order valence-corrected chi connectivity index (χ1v) is 22.6. The Hall–Kier alpha value is -9.40. The Morgan fingerprint density at radius 2 is 0.588 bits per heavy atom. The van der Waals surface area contributed by atoms with Crippen molar-refractivity contribution in [3.8, 4) is 79.7 Å². The summed E-state index contributed by atoms with van der Waals surface area (Å²) in [6.45, 7) is 0. The fraction of sp³-hybridized carbons (Fsp3) is 0. The van der Waals surface area contributed by atoms with E-state index in [0.29, 0.717) is 34.9 Å². The van der Waals surface area contributed by atoms with E-state index in [1.165, 1.54) is 10.8 Å². The van der Waals surface area contributed by atoms with Crippen LogP contribution in [0.15, 0.2) is 231 Å².